The summed E-state index contributed by atoms with van der Waals surface area (Å²) in [5.74, 6) is 0. The van der Waals surface area contributed by atoms with Crippen molar-refractivity contribution < 1.29 is 61.4 Å². The van der Waals surface area contributed by atoms with Gasteiger partial charge in [0.15, 0.2) is 6.23 Å². The van der Waals surface area contributed by atoms with Crippen molar-refractivity contribution in [2.45, 2.75) is 32.0 Å². The van der Waals surface area contributed by atoms with Crippen molar-refractivity contribution in [2.75, 3.05) is 6.61 Å². The molecule has 20 heteroatoms. The average Bonchev–Trinajstić information content (AvgIpc) is 2.78. The summed E-state index contributed by atoms with van der Waals surface area (Å²) in [6.07, 6.45) is -5.70. The highest BCUT2D eigenvalue weighted by molar-refractivity contribution is 7.66. The monoisotopic (exact) mass is 500 g/mol. The predicted molar refractivity (Wildman–Crippen MR) is 93.8 cm³/mol. The Kier molecular flexibility index (Phi) is 8.67. The number of nitrogens with one attached hydrogen (secondary N) is 1. The molecule has 0 aromatic carbocycles. The Balaban J connectivity index is 0.00000450. The number of rotatable bonds is 8. The van der Waals surface area contributed by atoms with E-state index in [1.807, 2.05) is 4.98 Å². The molecule has 1 aromatic heterocycles. The van der Waals surface area contributed by atoms with E-state index in [1.54, 1.807) is 0 Å². The van der Waals surface area contributed by atoms with E-state index in [0.717, 1.165) is 12.3 Å². The molecule has 6 atom stereocenters. The molecule has 0 radical (unpaired) electrons. The number of aliphatic hydroxyl groups excluding tert-OH is 2. The lowest BCUT2D eigenvalue weighted by Crippen LogP contribution is -2.37. The van der Waals surface area contributed by atoms with Crippen LogP contribution >= 0.6 is 23.5 Å². The fraction of sp³-hybridized carbons (Fsp3) is 0.600. The van der Waals surface area contributed by atoms with Crippen LogP contribution in [0.25, 0.3) is 0 Å². The molecule has 1 aliphatic rings. The van der Waals surface area contributed by atoms with Crippen molar-refractivity contribution in [3.8, 4) is 0 Å². The maximum Gasteiger partial charge on any atom is 0.490 e. The second-order valence-electron chi connectivity index (χ2n) is 5.45. The van der Waals surface area contributed by atoms with E-state index < -0.39 is 65.9 Å². The molecule has 3 unspecified atom stereocenters. The number of aromatic nitrogens is 2. The lowest BCUT2D eigenvalue weighted by atomic mass is 10.1. The first-order valence-electron chi connectivity index (χ1n) is 7.22. The Bertz CT molecular complexity index is 999. The van der Waals surface area contributed by atoms with Crippen LogP contribution in [-0.4, -0.2) is 64.3 Å². The van der Waals surface area contributed by atoms with Crippen molar-refractivity contribution in [2.24, 2.45) is 0 Å². The van der Waals surface area contributed by atoms with E-state index >= 15 is 0 Å². The molecule has 1 saturated heterocycles. The van der Waals surface area contributed by atoms with E-state index in [-0.39, 0.29) is 7.43 Å². The molecule has 30 heavy (non-hydrogen) atoms. The Morgan fingerprint density at radius 3 is 2.17 bits per heavy atom. The van der Waals surface area contributed by atoms with Crippen molar-refractivity contribution in [1.82, 2.24) is 9.55 Å². The SMILES string of the molecule is C.O=c1ccn([C@@H]2O[C@H](COP(=O)(O)OP(=O)(O)OP(=O)(O)O)C(O)[C@@H]2O)c(=O)[nH]1. The number of hydrogen-bond acceptors (Lipinski definition) is 11. The van der Waals surface area contributed by atoms with Crippen molar-refractivity contribution in [3.05, 3.63) is 33.1 Å². The van der Waals surface area contributed by atoms with Gasteiger partial charge in [0.25, 0.3) is 5.56 Å². The van der Waals surface area contributed by atoms with Crippen LogP contribution in [0.3, 0.4) is 0 Å². The lowest BCUT2D eigenvalue weighted by molar-refractivity contribution is -0.0542. The molecule has 2 rings (SSSR count). The quantitative estimate of drug-likeness (QED) is 0.193. The van der Waals surface area contributed by atoms with Gasteiger partial charge in [0.1, 0.15) is 18.3 Å². The zero-order chi connectivity index (χ0) is 22.2. The highest BCUT2D eigenvalue weighted by Crippen LogP contribution is 2.66. The number of phosphoric acid groups is 3. The Morgan fingerprint density at radius 2 is 1.63 bits per heavy atom. The fourth-order valence-electron chi connectivity index (χ4n) is 2.20. The third-order valence-electron chi connectivity index (χ3n) is 3.28. The summed E-state index contributed by atoms with van der Waals surface area (Å²) in [5, 5.41) is 19.9. The number of aliphatic hydroxyl groups is 2. The summed E-state index contributed by atoms with van der Waals surface area (Å²) in [4.78, 5) is 59.9. The van der Waals surface area contributed by atoms with Crippen molar-refractivity contribution >= 4 is 23.5 Å². The molecule has 7 N–H and O–H groups in total. The van der Waals surface area contributed by atoms with Crippen LogP contribution < -0.4 is 11.2 Å². The summed E-state index contributed by atoms with van der Waals surface area (Å²) in [5.41, 5.74) is -1.74. The molecule has 1 aliphatic heterocycles. The van der Waals surface area contributed by atoms with Gasteiger partial charge in [-0.25, -0.2) is 18.5 Å². The summed E-state index contributed by atoms with van der Waals surface area (Å²) in [7, 11) is -16.8. The van der Waals surface area contributed by atoms with Gasteiger partial charge in [-0.15, -0.1) is 0 Å². The fourth-order valence-corrected chi connectivity index (χ4v) is 5.23. The first-order valence-corrected chi connectivity index (χ1v) is 11.7. The van der Waals surface area contributed by atoms with E-state index in [2.05, 4.69) is 13.1 Å². The number of nitrogens with zero attached hydrogens (tertiary/aromatic N) is 1. The normalized spacial score (nSPS) is 28.3. The van der Waals surface area contributed by atoms with Crippen LogP contribution in [-0.2, 0) is 31.6 Å². The van der Waals surface area contributed by atoms with Gasteiger partial charge in [-0.1, -0.05) is 7.43 Å². The Labute approximate surface area is 166 Å². The Morgan fingerprint density at radius 1 is 1.03 bits per heavy atom. The number of aromatic amines is 1. The van der Waals surface area contributed by atoms with Crippen LogP contribution in [0.15, 0.2) is 21.9 Å². The molecular weight excluding hydrogens is 481 g/mol. The minimum Gasteiger partial charge on any atom is -0.387 e. The second-order valence-corrected chi connectivity index (χ2v) is 9.87. The molecule has 174 valence electrons. The minimum atomic E-state index is -5.73. The summed E-state index contributed by atoms with van der Waals surface area (Å²) in [6.45, 7) is -1.05. The molecule has 0 saturated carbocycles. The third kappa shape index (κ3) is 7.28. The second kappa shape index (κ2) is 9.63. The standard InChI is InChI=1S/C9H15N2O15P3.CH4/c12-5-1-2-11(9(15)10-5)8-7(14)6(13)4(24-8)3-23-28(19,20)26-29(21,22)25-27(16,17)18;/h1-2,4,6-8,13-14H,3H2,(H,19,20)(H,21,22)(H,10,12,15)(H2,16,17,18);1H4/t4-,6?,7+,8-;/m1./s1. The van der Waals surface area contributed by atoms with E-state index in [1.165, 1.54) is 0 Å². The third-order valence-corrected chi connectivity index (χ3v) is 7.08. The minimum absolute atomic E-state index is 0. The topological polar surface area (TPSA) is 264 Å². The van der Waals surface area contributed by atoms with Crippen LogP contribution in [0.1, 0.15) is 13.7 Å². The molecule has 0 amide bonds. The van der Waals surface area contributed by atoms with Gasteiger partial charge < -0.3 is 34.5 Å². The largest absolute Gasteiger partial charge is 0.490 e. The number of phosphoric ester groups is 1. The molecule has 1 aromatic rings. The first kappa shape index (κ1) is 27.0. The molecule has 0 aliphatic carbocycles. The van der Waals surface area contributed by atoms with Crippen LogP contribution in [0.2, 0.25) is 0 Å². The van der Waals surface area contributed by atoms with Crippen molar-refractivity contribution in [1.29, 1.82) is 0 Å². The molecule has 0 bridgehead atoms. The number of hydrogen-bond donors (Lipinski definition) is 7. The van der Waals surface area contributed by atoms with E-state index in [4.69, 9.17) is 19.4 Å². The highest BCUT2D eigenvalue weighted by Gasteiger charge is 2.46. The lowest BCUT2D eigenvalue weighted by Gasteiger charge is -2.19. The summed E-state index contributed by atoms with van der Waals surface area (Å²) in [6, 6.07) is 0.920. The Hall–Kier alpha value is -1.03. The van der Waals surface area contributed by atoms with Gasteiger partial charge in [0.05, 0.1) is 6.61 Å². The van der Waals surface area contributed by atoms with Crippen LogP contribution in [0.5, 0.6) is 0 Å². The van der Waals surface area contributed by atoms with Gasteiger partial charge >= 0.3 is 29.2 Å². The van der Waals surface area contributed by atoms with E-state index in [9.17, 15) is 38.4 Å². The molecular formula is C10H19N2O15P3. The maximum absolute atomic E-state index is 11.7. The van der Waals surface area contributed by atoms with Crippen LogP contribution in [0, 0.1) is 0 Å². The smallest absolute Gasteiger partial charge is 0.387 e. The van der Waals surface area contributed by atoms with Crippen LogP contribution in [0.4, 0.5) is 0 Å². The van der Waals surface area contributed by atoms with Gasteiger partial charge in [-0.2, -0.15) is 8.62 Å². The van der Waals surface area contributed by atoms with Gasteiger partial charge in [0.2, 0.25) is 0 Å². The zero-order valence-electron chi connectivity index (χ0n) is 13.8. The average molecular weight is 500 g/mol. The van der Waals surface area contributed by atoms with E-state index in [0.29, 0.717) is 4.57 Å². The zero-order valence-corrected chi connectivity index (χ0v) is 16.5. The highest BCUT2D eigenvalue weighted by atomic mass is 31.3. The van der Waals surface area contributed by atoms with Gasteiger partial charge in [0, 0.05) is 12.3 Å². The molecule has 2 heterocycles. The van der Waals surface area contributed by atoms with Crippen molar-refractivity contribution in [3.63, 3.8) is 0 Å². The van der Waals surface area contributed by atoms with Gasteiger partial charge in [-0.3, -0.25) is 18.9 Å². The number of ether oxygens (including phenoxy) is 1. The first-order chi connectivity index (χ1) is 13.1. The van der Waals surface area contributed by atoms with Gasteiger partial charge in [-0.05, 0) is 0 Å². The molecule has 0 spiro atoms. The summed E-state index contributed by atoms with van der Waals surface area (Å²) >= 11 is 0. The maximum atomic E-state index is 11.7. The summed E-state index contributed by atoms with van der Waals surface area (Å²) < 4.78 is 50.6. The predicted octanol–water partition coefficient (Wildman–Crippen LogP) is -1.86. The number of H-pyrrole nitrogens is 1. The molecule has 1 fully saturated rings. The molecule has 17 nitrogen and oxygen atoms in total.